The molecule has 1 atom stereocenters. The summed E-state index contributed by atoms with van der Waals surface area (Å²) in [6.07, 6.45) is 6.16. The number of aliphatic hydroxyl groups excluding tert-OH is 1. The summed E-state index contributed by atoms with van der Waals surface area (Å²) in [6.45, 7) is 2.67. The third-order valence-corrected chi connectivity index (χ3v) is 8.00. The Morgan fingerprint density at radius 1 is 1.03 bits per heavy atom. The summed E-state index contributed by atoms with van der Waals surface area (Å²) in [4.78, 5) is 10.9. The van der Waals surface area contributed by atoms with E-state index in [1.165, 1.54) is 12.1 Å². The van der Waals surface area contributed by atoms with Crippen molar-refractivity contribution in [3.8, 4) is 5.75 Å². The predicted octanol–water partition coefficient (Wildman–Crippen LogP) is 1.78. The molecule has 1 radical (unpaired) electrons. The van der Waals surface area contributed by atoms with Gasteiger partial charge in [-0.25, -0.2) is 13.6 Å². The number of carbonyl (C=O) groups excluding carboxylic acids is 1. The van der Waals surface area contributed by atoms with Crippen LogP contribution in [0.5, 0.6) is 5.75 Å². The molecule has 0 aliphatic heterocycles. The van der Waals surface area contributed by atoms with Gasteiger partial charge in [0.1, 0.15) is 0 Å². The molecule has 0 saturated heterocycles. The van der Waals surface area contributed by atoms with E-state index in [1.807, 2.05) is 6.07 Å². The van der Waals surface area contributed by atoms with Crippen LogP contribution in [-0.4, -0.2) is 65.8 Å². The van der Waals surface area contributed by atoms with Crippen LogP contribution in [0.3, 0.4) is 0 Å². The summed E-state index contributed by atoms with van der Waals surface area (Å²) in [5, 5.41) is 29.3. The number of nitrogens with two attached hydrogens (primary N) is 1. The van der Waals surface area contributed by atoms with Crippen LogP contribution >= 0.6 is 0 Å². The molecule has 0 aliphatic carbocycles. The third-order valence-electron chi connectivity index (χ3n) is 5.54. The van der Waals surface area contributed by atoms with Gasteiger partial charge in [0.05, 0.1) is 4.90 Å². The Labute approximate surface area is 215 Å². The van der Waals surface area contributed by atoms with Crippen LogP contribution in [0, 0.1) is 0 Å². The van der Waals surface area contributed by atoms with Crippen molar-refractivity contribution < 1.29 is 28.2 Å². The van der Waals surface area contributed by atoms with Gasteiger partial charge in [0.2, 0.25) is 10.0 Å². The van der Waals surface area contributed by atoms with Crippen LogP contribution in [0.2, 0.25) is 0 Å². The Morgan fingerprint density at radius 2 is 1.77 bits per heavy atom. The van der Waals surface area contributed by atoms with Crippen molar-refractivity contribution in [2.24, 2.45) is 5.14 Å². The maximum absolute atomic E-state index is 11.4. The summed E-state index contributed by atoms with van der Waals surface area (Å²) in [5.41, 5.74) is 1.67. The number of aromatic hydroxyl groups is 1. The van der Waals surface area contributed by atoms with E-state index >= 15 is 0 Å². The number of aliphatic hydroxyl groups is 1. The quantitative estimate of drug-likeness (QED) is 0.122. The van der Waals surface area contributed by atoms with Gasteiger partial charge in [-0.05, 0) is 37.0 Å². The number of ether oxygens (including phenoxy) is 1. The van der Waals surface area contributed by atoms with Crippen molar-refractivity contribution in [2.75, 3.05) is 26.3 Å². The van der Waals surface area contributed by atoms with E-state index in [9.17, 15) is 23.4 Å². The Hall–Kier alpha value is -1.74. The maximum atomic E-state index is 11.4. The topological polar surface area (TPSA) is 139 Å². The average molecular weight is 568 g/mol. The number of aryl methyl sites for hydroxylation is 1. The predicted molar refractivity (Wildman–Crippen MR) is 138 cm³/mol. The van der Waals surface area contributed by atoms with Crippen LogP contribution in [0.4, 0.5) is 0 Å². The van der Waals surface area contributed by atoms with E-state index in [0.717, 1.165) is 68.7 Å². The molecule has 0 saturated carbocycles. The molecule has 8 nitrogen and oxygen atoms in total. The Kier molecular flexibility index (Phi) is 13.6. The molecule has 0 amide bonds. The molecular formula is C25H36AsN2O6S. The smallest absolute Gasteiger partial charge is 0.0389 e. The number of unbranched alkanes of at least 4 members (excludes halogenated alkanes) is 4. The van der Waals surface area contributed by atoms with Gasteiger partial charge >= 0.3 is 126 Å². The van der Waals surface area contributed by atoms with Gasteiger partial charge < -0.3 is 4.74 Å². The minimum Gasteiger partial charge on any atom is -0.0389 e. The number of nitrogens with one attached hydrogen (secondary N) is 1. The van der Waals surface area contributed by atoms with Gasteiger partial charge in [-0.1, -0.05) is 12.1 Å². The van der Waals surface area contributed by atoms with Gasteiger partial charge in [-0.2, -0.15) is 0 Å². The Morgan fingerprint density at radius 3 is 2.51 bits per heavy atom. The zero-order valence-corrected chi connectivity index (χ0v) is 22.6. The van der Waals surface area contributed by atoms with E-state index in [2.05, 4.69) is 5.32 Å². The molecule has 0 aliphatic rings. The van der Waals surface area contributed by atoms with E-state index in [0.29, 0.717) is 23.1 Å². The zero-order chi connectivity index (χ0) is 25.5. The minimum absolute atomic E-state index is 0.109. The number of primary sulfonamides is 1. The molecule has 35 heavy (non-hydrogen) atoms. The van der Waals surface area contributed by atoms with Crippen LogP contribution in [0.25, 0.3) is 0 Å². The first-order chi connectivity index (χ1) is 16.8. The molecule has 2 aromatic carbocycles. The zero-order valence-electron chi connectivity index (χ0n) is 19.9. The third kappa shape index (κ3) is 11.7. The number of phenols is 1. The van der Waals surface area contributed by atoms with Gasteiger partial charge in [0, 0.05) is 6.61 Å². The number of rotatable bonds is 18. The van der Waals surface area contributed by atoms with Crippen molar-refractivity contribution in [1.29, 1.82) is 0 Å². The van der Waals surface area contributed by atoms with E-state index in [-0.39, 0.29) is 10.6 Å². The van der Waals surface area contributed by atoms with Crippen LogP contribution in [0.15, 0.2) is 47.4 Å². The van der Waals surface area contributed by atoms with E-state index in [1.54, 1.807) is 24.3 Å². The molecule has 2 rings (SSSR count). The second-order valence-corrected chi connectivity index (χ2v) is 11.9. The molecule has 193 valence electrons. The van der Waals surface area contributed by atoms with Crippen molar-refractivity contribution in [3.63, 3.8) is 0 Å². The summed E-state index contributed by atoms with van der Waals surface area (Å²) < 4.78 is 29.1. The molecule has 0 bridgehead atoms. The van der Waals surface area contributed by atoms with E-state index < -0.39 is 31.9 Å². The Balaban J connectivity index is 1.45. The van der Waals surface area contributed by atoms with E-state index in [4.69, 9.17) is 9.88 Å². The second kappa shape index (κ2) is 16.1. The first kappa shape index (κ1) is 29.5. The molecular weight excluding hydrogens is 531 g/mol. The molecule has 5 N–H and O–H groups in total. The largest absolute Gasteiger partial charge is 0.0389 e. The molecule has 10 heteroatoms. The fourth-order valence-corrected chi connectivity index (χ4v) is 5.31. The fourth-order valence-electron chi connectivity index (χ4n) is 3.59. The van der Waals surface area contributed by atoms with Crippen LogP contribution in [0.1, 0.15) is 55.8 Å². The number of carbonyl (C=O) groups is 1. The molecule has 0 fully saturated rings. The van der Waals surface area contributed by atoms with Gasteiger partial charge in [-0.3, -0.25) is 0 Å². The van der Waals surface area contributed by atoms with Crippen molar-refractivity contribution in [2.45, 2.75) is 55.9 Å². The first-order valence-corrected chi connectivity index (χ1v) is 15.4. The number of benzene rings is 2. The molecule has 0 unspecified atom stereocenters. The van der Waals surface area contributed by atoms with Gasteiger partial charge in [0.15, 0.2) is 0 Å². The summed E-state index contributed by atoms with van der Waals surface area (Å²) in [5.74, 6) is 0.109. The van der Waals surface area contributed by atoms with Crippen molar-refractivity contribution in [3.05, 3.63) is 53.6 Å². The number of phenolic OH excluding ortho intramolecular Hbond substituents is 1. The SMILES string of the molecule is NS(=O)(=O)c1cccc(CCCCOCCCCCCNC[C@@H](O)c2ccc(O)c([As]C=O)c2)c1. The number of hydrogen-bond acceptors (Lipinski definition) is 7. The maximum Gasteiger partial charge on any atom is -0.0389 e. The summed E-state index contributed by atoms with van der Waals surface area (Å²) in [7, 11) is -3.66. The first-order valence-electron chi connectivity index (χ1n) is 11.9. The fraction of sp³-hybridized carbons (Fsp3) is 0.480. The molecule has 0 spiro atoms. The molecule has 0 heterocycles. The summed E-state index contributed by atoms with van der Waals surface area (Å²) in [6, 6.07) is 11.7. The molecule has 0 aromatic heterocycles. The van der Waals surface area contributed by atoms with Crippen LogP contribution in [-0.2, 0) is 26.0 Å². The van der Waals surface area contributed by atoms with Crippen molar-refractivity contribution >= 4 is 35.2 Å². The monoisotopic (exact) mass is 567 g/mol. The minimum atomic E-state index is -3.66. The van der Waals surface area contributed by atoms with Crippen molar-refractivity contribution in [1.82, 2.24) is 5.32 Å². The second-order valence-electron chi connectivity index (χ2n) is 8.38. The summed E-state index contributed by atoms with van der Waals surface area (Å²) >= 11 is -0.728. The molecule has 2 aromatic rings. The number of sulfonamides is 1. The van der Waals surface area contributed by atoms with Crippen LogP contribution < -0.4 is 14.8 Å². The average Bonchev–Trinajstić information content (AvgIpc) is 2.83. The number of hydrogen-bond donors (Lipinski definition) is 4. The van der Waals surface area contributed by atoms with Gasteiger partial charge in [-0.15, -0.1) is 0 Å². The normalized spacial score (nSPS) is 12.9. The Bertz CT molecular complexity index is 1020. The van der Waals surface area contributed by atoms with Gasteiger partial charge in [0.25, 0.3) is 0 Å². The standard InChI is InChI=1S/C25H36AsN2O6S/c27-35(32,33)22-10-7-9-20(16-22)8-3-6-15-34-14-5-2-1-4-13-28-18-25(31)21-11-12-24(30)23(17-21)26-19-29/h7,9-12,16-17,19,25,28,30-31H,1-6,8,13-15,18H2,(H2,27,32,33)/t25-/m1/s1.